The zero-order chi connectivity index (χ0) is 14.8. The molecule has 0 spiro atoms. The highest BCUT2D eigenvalue weighted by atomic mass is 35.5. The SMILES string of the molecule is O=[N+]([O-])c1ccc2nc(NCc3ccccc3Cl)[nH]c2c1. The van der Waals surface area contributed by atoms with Gasteiger partial charge in [-0.05, 0) is 17.7 Å². The molecule has 0 amide bonds. The first-order valence-corrected chi connectivity index (χ1v) is 6.63. The maximum absolute atomic E-state index is 10.7. The maximum atomic E-state index is 10.7. The summed E-state index contributed by atoms with van der Waals surface area (Å²) in [5.41, 5.74) is 2.27. The van der Waals surface area contributed by atoms with E-state index in [0.29, 0.717) is 28.5 Å². The molecule has 1 aromatic heterocycles. The summed E-state index contributed by atoms with van der Waals surface area (Å²) in [6.45, 7) is 0.515. The number of aromatic amines is 1. The van der Waals surface area contributed by atoms with Crippen molar-refractivity contribution in [1.29, 1.82) is 0 Å². The van der Waals surface area contributed by atoms with Gasteiger partial charge in [0.1, 0.15) is 0 Å². The number of nitrogens with zero attached hydrogens (tertiary/aromatic N) is 2. The van der Waals surface area contributed by atoms with E-state index >= 15 is 0 Å². The molecular formula is C14H11ClN4O2. The second-order valence-electron chi connectivity index (χ2n) is 4.49. The topological polar surface area (TPSA) is 83.8 Å². The third-order valence-electron chi connectivity index (χ3n) is 3.08. The molecule has 21 heavy (non-hydrogen) atoms. The first kappa shape index (κ1) is 13.4. The molecule has 0 aliphatic heterocycles. The van der Waals surface area contributed by atoms with E-state index in [4.69, 9.17) is 11.6 Å². The number of hydrogen-bond donors (Lipinski definition) is 2. The summed E-state index contributed by atoms with van der Waals surface area (Å²) in [4.78, 5) is 17.6. The fourth-order valence-electron chi connectivity index (χ4n) is 2.02. The lowest BCUT2D eigenvalue weighted by Crippen LogP contribution is -2.01. The molecule has 1 heterocycles. The van der Waals surface area contributed by atoms with Crippen molar-refractivity contribution in [2.45, 2.75) is 6.54 Å². The molecule has 3 rings (SSSR count). The Morgan fingerprint density at radius 3 is 2.86 bits per heavy atom. The van der Waals surface area contributed by atoms with Gasteiger partial charge in [0.2, 0.25) is 5.95 Å². The Bertz CT molecular complexity index is 816. The molecule has 0 fully saturated rings. The lowest BCUT2D eigenvalue weighted by atomic mass is 10.2. The molecule has 7 heteroatoms. The van der Waals surface area contributed by atoms with Gasteiger partial charge in [-0.25, -0.2) is 4.98 Å². The summed E-state index contributed by atoms with van der Waals surface area (Å²) in [6.07, 6.45) is 0. The Morgan fingerprint density at radius 2 is 2.10 bits per heavy atom. The van der Waals surface area contributed by atoms with Crippen molar-refractivity contribution in [3.05, 3.63) is 63.2 Å². The molecule has 2 aromatic carbocycles. The number of hydrogen-bond acceptors (Lipinski definition) is 4. The number of benzene rings is 2. The number of nitrogens with one attached hydrogen (secondary N) is 2. The van der Waals surface area contributed by atoms with Crippen LogP contribution in [0.5, 0.6) is 0 Å². The fourth-order valence-corrected chi connectivity index (χ4v) is 2.22. The summed E-state index contributed by atoms with van der Waals surface area (Å²) in [5.74, 6) is 0.547. The van der Waals surface area contributed by atoms with E-state index in [1.807, 2.05) is 24.3 Å². The van der Waals surface area contributed by atoms with Gasteiger partial charge in [-0.3, -0.25) is 10.1 Å². The predicted octanol–water partition coefficient (Wildman–Crippen LogP) is 3.74. The third kappa shape index (κ3) is 2.80. The predicted molar refractivity (Wildman–Crippen MR) is 81.5 cm³/mol. The van der Waals surface area contributed by atoms with Gasteiger partial charge in [0.05, 0.1) is 16.0 Å². The van der Waals surface area contributed by atoms with Gasteiger partial charge in [-0.15, -0.1) is 0 Å². The Morgan fingerprint density at radius 1 is 1.29 bits per heavy atom. The average Bonchev–Trinajstić information content (AvgIpc) is 2.88. The molecule has 0 aliphatic carbocycles. The van der Waals surface area contributed by atoms with Gasteiger partial charge in [0, 0.05) is 23.7 Å². The third-order valence-corrected chi connectivity index (χ3v) is 3.45. The van der Waals surface area contributed by atoms with Gasteiger partial charge in [-0.2, -0.15) is 0 Å². The Balaban J connectivity index is 1.82. The van der Waals surface area contributed by atoms with Crippen LogP contribution >= 0.6 is 11.6 Å². The van der Waals surface area contributed by atoms with Crippen LogP contribution in [0.1, 0.15) is 5.56 Å². The highest BCUT2D eigenvalue weighted by Gasteiger charge is 2.09. The van der Waals surface area contributed by atoms with E-state index in [2.05, 4.69) is 15.3 Å². The van der Waals surface area contributed by atoms with Crippen molar-refractivity contribution in [1.82, 2.24) is 9.97 Å². The number of halogens is 1. The number of non-ortho nitro benzene ring substituents is 1. The minimum absolute atomic E-state index is 0.0313. The van der Waals surface area contributed by atoms with Crippen molar-refractivity contribution < 1.29 is 4.92 Å². The van der Waals surface area contributed by atoms with E-state index in [0.717, 1.165) is 5.56 Å². The van der Waals surface area contributed by atoms with Crippen molar-refractivity contribution in [3.8, 4) is 0 Å². The number of H-pyrrole nitrogens is 1. The Labute approximate surface area is 124 Å². The highest BCUT2D eigenvalue weighted by molar-refractivity contribution is 6.31. The van der Waals surface area contributed by atoms with Crippen molar-refractivity contribution in [2.75, 3.05) is 5.32 Å². The maximum Gasteiger partial charge on any atom is 0.271 e. The summed E-state index contributed by atoms with van der Waals surface area (Å²) in [5, 5.41) is 14.5. The minimum atomic E-state index is -0.433. The van der Waals surface area contributed by atoms with Crippen LogP contribution in [0.4, 0.5) is 11.6 Å². The number of aromatic nitrogens is 2. The van der Waals surface area contributed by atoms with Gasteiger partial charge in [-0.1, -0.05) is 29.8 Å². The summed E-state index contributed by atoms with van der Waals surface area (Å²) in [6, 6.07) is 12.0. The minimum Gasteiger partial charge on any atom is -0.352 e. The lowest BCUT2D eigenvalue weighted by molar-refractivity contribution is -0.384. The first-order valence-electron chi connectivity index (χ1n) is 6.25. The molecule has 0 bridgehead atoms. The Hall–Kier alpha value is -2.60. The van der Waals surface area contributed by atoms with Crippen LogP contribution in [0.2, 0.25) is 5.02 Å². The summed E-state index contributed by atoms with van der Waals surface area (Å²) >= 11 is 6.08. The number of imidazole rings is 1. The van der Waals surface area contributed by atoms with Crippen LogP contribution in [0.3, 0.4) is 0 Å². The molecule has 2 N–H and O–H groups in total. The van der Waals surface area contributed by atoms with E-state index < -0.39 is 4.92 Å². The molecule has 0 aliphatic rings. The first-order chi connectivity index (χ1) is 10.1. The lowest BCUT2D eigenvalue weighted by Gasteiger charge is -2.04. The standard InChI is InChI=1S/C14H11ClN4O2/c15-11-4-2-1-3-9(11)8-16-14-17-12-6-5-10(19(20)21)7-13(12)18-14/h1-7H,8H2,(H2,16,17,18). The number of rotatable bonds is 4. The van der Waals surface area contributed by atoms with Crippen LogP contribution in [0.15, 0.2) is 42.5 Å². The number of anilines is 1. The number of nitro groups is 1. The molecule has 0 saturated carbocycles. The van der Waals surface area contributed by atoms with E-state index in [1.54, 1.807) is 6.07 Å². The van der Waals surface area contributed by atoms with Crippen LogP contribution in [0.25, 0.3) is 11.0 Å². The van der Waals surface area contributed by atoms with Crippen molar-refractivity contribution in [2.24, 2.45) is 0 Å². The summed E-state index contributed by atoms with van der Waals surface area (Å²) < 4.78 is 0. The molecule has 0 atom stereocenters. The Kier molecular flexibility index (Phi) is 3.45. The van der Waals surface area contributed by atoms with E-state index in [1.165, 1.54) is 12.1 Å². The molecule has 0 unspecified atom stereocenters. The van der Waals surface area contributed by atoms with Crippen molar-refractivity contribution >= 4 is 34.3 Å². The highest BCUT2D eigenvalue weighted by Crippen LogP contribution is 2.21. The fraction of sp³-hybridized carbons (Fsp3) is 0.0714. The van der Waals surface area contributed by atoms with Crippen LogP contribution in [0, 0.1) is 10.1 Å². The van der Waals surface area contributed by atoms with E-state index in [9.17, 15) is 10.1 Å². The number of nitro benzene ring substituents is 1. The largest absolute Gasteiger partial charge is 0.352 e. The molecule has 3 aromatic rings. The second-order valence-corrected chi connectivity index (χ2v) is 4.90. The smallest absolute Gasteiger partial charge is 0.271 e. The zero-order valence-corrected chi connectivity index (χ0v) is 11.6. The molecule has 0 saturated heterocycles. The molecule has 0 radical (unpaired) electrons. The molecule has 106 valence electrons. The quantitative estimate of drug-likeness (QED) is 0.568. The average molecular weight is 303 g/mol. The van der Waals surface area contributed by atoms with Crippen LogP contribution < -0.4 is 5.32 Å². The molecular weight excluding hydrogens is 292 g/mol. The second kappa shape index (κ2) is 5.41. The van der Waals surface area contributed by atoms with Gasteiger partial charge < -0.3 is 10.3 Å². The number of fused-ring (bicyclic) bond motifs is 1. The van der Waals surface area contributed by atoms with Crippen molar-refractivity contribution in [3.63, 3.8) is 0 Å². The summed E-state index contributed by atoms with van der Waals surface area (Å²) in [7, 11) is 0. The van der Waals surface area contributed by atoms with E-state index in [-0.39, 0.29) is 5.69 Å². The zero-order valence-electron chi connectivity index (χ0n) is 10.8. The van der Waals surface area contributed by atoms with Crippen LogP contribution in [-0.2, 0) is 6.54 Å². The van der Waals surface area contributed by atoms with Crippen LogP contribution in [-0.4, -0.2) is 14.9 Å². The van der Waals surface area contributed by atoms with Gasteiger partial charge in [0.25, 0.3) is 5.69 Å². The molecule has 6 nitrogen and oxygen atoms in total. The van der Waals surface area contributed by atoms with Gasteiger partial charge >= 0.3 is 0 Å². The van der Waals surface area contributed by atoms with Gasteiger partial charge in [0.15, 0.2) is 0 Å². The normalized spacial score (nSPS) is 10.7. The monoisotopic (exact) mass is 302 g/mol.